The van der Waals surface area contributed by atoms with Gasteiger partial charge in [-0.15, -0.1) is 0 Å². The Labute approximate surface area is 121 Å². The molecule has 1 aromatic rings. The standard InChI is InChI=1S/C10H11BrF4N2O2S/c1-5(4-10(13,14)15)17-20(18,19)9-2-6(11)7(12)3-8(9)16/h2-3,5,17H,4,16H2,1H3. The lowest BCUT2D eigenvalue weighted by molar-refractivity contribution is -0.137. The van der Waals surface area contributed by atoms with Crippen LogP contribution in [0.1, 0.15) is 13.3 Å². The van der Waals surface area contributed by atoms with Crippen molar-refractivity contribution in [3.8, 4) is 0 Å². The first-order chi connectivity index (χ1) is 8.92. The molecular formula is C10H11BrF4N2O2S. The summed E-state index contributed by atoms with van der Waals surface area (Å²) in [4.78, 5) is -0.486. The number of nitrogens with two attached hydrogens (primary N) is 1. The fourth-order valence-electron chi connectivity index (χ4n) is 1.49. The Morgan fingerprint density at radius 3 is 2.45 bits per heavy atom. The summed E-state index contributed by atoms with van der Waals surface area (Å²) >= 11 is 2.78. The summed E-state index contributed by atoms with van der Waals surface area (Å²) in [6.45, 7) is 1.07. The molecule has 0 aliphatic heterocycles. The first-order valence-corrected chi connectivity index (χ1v) is 7.53. The number of nitrogen functional groups attached to an aromatic ring is 1. The second-order valence-electron chi connectivity index (χ2n) is 4.15. The van der Waals surface area contributed by atoms with E-state index in [0.29, 0.717) is 0 Å². The van der Waals surface area contributed by atoms with Crippen LogP contribution in [0.4, 0.5) is 23.2 Å². The highest BCUT2D eigenvalue weighted by Crippen LogP contribution is 2.27. The quantitative estimate of drug-likeness (QED) is 0.624. The molecule has 1 atom stereocenters. The Balaban J connectivity index is 3.03. The summed E-state index contributed by atoms with van der Waals surface area (Å²) in [6, 6.07) is 0.295. The van der Waals surface area contributed by atoms with Crippen molar-refractivity contribution < 1.29 is 26.0 Å². The Hall–Kier alpha value is -0.870. The van der Waals surface area contributed by atoms with E-state index in [1.165, 1.54) is 0 Å². The molecular weight excluding hydrogens is 368 g/mol. The van der Waals surface area contributed by atoms with Gasteiger partial charge >= 0.3 is 6.18 Å². The van der Waals surface area contributed by atoms with Crippen LogP contribution in [0.5, 0.6) is 0 Å². The molecule has 0 saturated heterocycles. The van der Waals surface area contributed by atoms with Gasteiger partial charge in [-0.1, -0.05) is 0 Å². The Morgan fingerprint density at radius 2 is 1.95 bits per heavy atom. The van der Waals surface area contributed by atoms with Crippen LogP contribution in [-0.4, -0.2) is 20.6 Å². The van der Waals surface area contributed by atoms with Gasteiger partial charge in [-0.2, -0.15) is 13.2 Å². The van der Waals surface area contributed by atoms with E-state index in [9.17, 15) is 26.0 Å². The molecule has 20 heavy (non-hydrogen) atoms. The van der Waals surface area contributed by atoms with Crippen LogP contribution in [0.15, 0.2) is 21.5 Å². The fourth-order valence-corrected chi connectivity index (χ4v) is 3.37. The molecule has 0 bridgehead atoms. The van der Waals surface area contributed by atoms with E-state index in [4.69, 9.17) is 5.73 Å². The molecule has 0 aliphatic rings. The molecule has 1 rings (SSSR count). The second kappa shape index (κ2) is 5.86. The van der Waals surface area contributed by atoms with Gasteiger partial charge < -0.3 is 5.73 Å². The molecule has 0 aromatic heterocycles. The van der Waals surface area contributed by atoms with E-state index >= 15 is 0 Å². The molecule has 0 spiro atoms. The van der Waals surface area contributed by atoms with Gasteiger partial charge in [-0.05, 0) is 35.0 Å². The number of benzene rings is 1. The molecule has 10 heteroatoms. The first kappa shape index (κ1) is 17.2. The van der Waals surface area contributed by atoms with E-state index in [2.05, 4.69) is 15.9 Å². The maximum atomic E-state index is 13.1. The maximum absolute atomic E-state index is 13.1. The lowest BCUT2D eigenvalue weighted by Crippen LogP contribution is -2.36. The summed E-state index contributed by atoms with van der Waals surface area (Å²) in [5, 5.41) is 0. The third-order valence-corrected chi connectivity index (χ3v) is 4.49. The highest BCUT2D eigenvalue weighted by Gasteiger charge is 2.32. The van der Waals surface area contributed by atoms with Crippen molar-refractivity contribution in [3.05, 3.63) is 22.4 Å². The molecule has 0 saturated carbocycles. The smallest absolute Gasteiger partial charge is 0.390 e. The third-order valence-electron chi connectivity index (χ3n) is 2.24. The van der Waals surface area contributed by atoms with Crippen molar-refractivity contribution in [1.82, 2.24) is 4.72 Å². The predicted octanol–water partition coefficient (Wildman–Crippen LogP) is 2.79. The average Bonchev–Trinajstić information content (AvgIpc) is 2.19. The highest BCUT2D eigenvalue weighted by molar-refractivity contribution is 9.10. The first-order valence-electron chi connectivity index (χ1n) is 5.26. The number of anilines is 1. The Kier molecular flexibility index (Phi) is 5.03. The monoisotopic (exact) mass is 378 g/mol. The van der Waals surface area contributed by atoms with Crippen LogP contribution in [0.25, 0.3) is 0 Å². The topological polar surface area (TPSA) is 72.2 Å². The molecule has 0 radical (unpaired) electrons. The van der Waals surface area contributed by atoms with Crippen molar-refractivity contribution in [2.75, 3.05) is 5.73 Å². The van der Waals surface area contributed by atoms with Gasteiger partial charge in [0.25, 0.3) is 0 Å². The van der Waals surface area contributed by atoms with E-state index in [1.807, 2.05) is 4.72 Å². The molecule has 0 heterocycles. The minimum Gasteiger partial charge on any atom is -0.398 e. The number of rotatable bonds is 4. The lowest BCUT2D eigenvalue weighted by Gasteiger charge is -2.17. The number of hydrogen-bond donors (Lipinski definition) is 2. The second-order valence-corrected chi connectivity index (χ2v) is 6.68. The normalized spacial score (nSPS) is 14.3. The minimum atomic E-state index is -4.50. The molecule has 1 unspecified atom stereocenters. The summed E-state index contributed by atoms with van der Waals surface area (Å²) in [6.07, 6.45) is -5.83. The molecule has 1 aromatic carbocycles. The van der Waals surface area contributed by atoms with E-state index in [1.54, 1.807) is 0 Å². The van der Waals surface area contributed by atoms with Crippen LogP contribution in [-0.2, 0) is 10.0 Å². The van der Waals surface area contributed by atoms with Crippen molar-refractivity contribution >= 4 is 31.6 Å². The zero-order valence-corrected chi connectivity index (χ0v) is 12.5. The Morgan fingerprint density at radius 1 is 1.40 bits per heavy atom. The molecule has 3 N–H and O–H groups in total. The lowest BCUT2D eigenvalue weighted by atomic mass is 10.2. The van der Waals surface area contributed by atoms with E-state index < -0.39 is 45.1 Å². The summed E-state index contributed by atoms with van der Waals surface area (Å²) in [5.41, 5.74) is 4.99. The number of halogens is 5. The average molecular weight is 379 g/mol. The fraction of sp³-hybridized carbons (Fsp3) is 0.400. The zero-order valence-electron chi connectivity index (χ0n) is 10.1. The van der Waals surface area contributed by atoms with Crippen molar-refractivity contribution in [3.63, 3.8) is 0 Å². The maximum Gasteiger partial charge on any atom is 0.390 e. The largest absolute Gasteiger partial charge is 0.398 e. The molecule has 0 aliphatic carbocycles. The number of sulfonamides is 1. The third kappa shape index (κ3) is 4.60. The van der Waals surface area contributed by atoms with Gasteiger partial charge in [0.2, 0.25) is 10.0 Å². The van der Waals surface area contributed by atoms with Crippen LogP contribution in [0.2, 0.25) is 0 Å². The summed E-state index contributed by atoms with van der Waals surface area (Å²) in [5.74, 6) is -0.773. The SMILES string of the molecule is CC(CC(F)(F)F)NS(=O)(=O)c1cc(Br)c(F)cc1N. The summed E-state index contributed by atoms with van der Waals surface area (Å²) < 4.78 is 75.1. The number of hydrogen-bond acceptors (Lipinski definition) is 3. The van der Waals surface area contributed by atoms with Crippen LogP contribution in [0, 0.1) is 5.82 Å². The van der Waals surface area contributed by atoms with Gasteiger partial charge in [0, 0.05) is 6.04 Å². The van der Waals surface area contributed by atoms with Crippen molar-refractivity contribution in [2.45, 2.75) is 30.5 Å². The van der Waals surface area contributed by atoms with Gasteiger partial charge in [0.1, 0.15) is 10.7 Å². The van der Waals surface area contributed by atoms with Gasteiger partial charge in [-0.25, -0.2) is 17.5 Å². The van der Waals surface area contributed by atoms with Crippen LogP contribution in [0.3, 0.4) is 0 Å². The molecule has 0 fully saturated rings. The van der Waals surface area contributed by atoms with Crippen LogP contribution < -0.4 is 10.5 Å². The summed E-state index contributed by atoms with van der Waals surface area (Å²) in [7, 11) is -4.27. The van der Waals surface area contributed by atoms with Gasteiger partial charge in [-0.3, -0.25) is 0 Å². The molecule has 0 amide bonds. The molecule has 114 valence electrons. The van der Waals surface area contributed by atoms with Crippen molar-refractivity contribution in [1.29, 1.82) is 0 Å². The minimum absolute atomic E-state index is 0.157. The Bertz CT molecular complexity index is 604. The van der Waals surface area contributed by atoms with E-state index in [0.717, 1.165) is 19.1 Å². The van der Waals surface area contributed by atoms with Crippen LogP contribution >= 0.6 is 15.9 Å². The predicted molar refractivity (Wildman–Crippen MR) is 69.0 cm³/mol. The molecule has 4 nitrogen and oxygen atoms in total. The highest BCUT2D eigenvalue weighted by atomic mass is 79.9. The van der Waals surface area contributed by atoms with Crippen molar-refractivity contribution in [2.24, 2.45) is 0 Å². The number of alkyl halides is 3. The number of nitrogens with one attached hydrogen (secondary N) is 1. The zero-order chi connectivity index (χ0) is 15.7. The van der Waals surface area contributed by atoms with Gasteiger partial charge in [0.15, 0.2) is 0 Å². The van der Waals surface area contributed by atoms with E-state index in [-0.39, 0.29) is 4.47 Å². The van der Waals surface area contributed by atoms with Gasteiger partial charge in [0.05, 0.1) is 16.6 Å².